The molecule has 0 aromatic heterocycles. The highest BCUT2D eigenvalue weighted by molar-refractivity contribution is 6.42. The van der Waals surface area contributed by atoms with Crippen molar-refractivity contribution in [3.05, 3.63) is 57.6 Å². The molecule has 2 aromatic carbocycles. The highest BCUT2D eigenvalue weighted by atomic mass is 35.5. The average Bonchev–Trinajstić information content (AvgIpc) is 2.54. The van der Waals surface area contributed by atoms with Crippen molar-refractivity contribution in [2.45, 2.75) is 13.0 Å². The number of methoxy groups -OCH3 is 2. The molecule has 0 heterocycles. The van der Waals surface area contributed by atoms with Crippen molar-refractivity contribution in [2.24, 2.45) is 4.99 Å². The number of benzene rings is 2. The summed E-state index contributed by atoms with van der Waals surface area (Å²) in [6.07, 6.45) is 1.78. The van der Waals surface area contributed by atoms with Crippen molar-refractivity contribution in [2.75, 3.05) is 14.2 Å². The summed E-state index contributed by atoms with van der Waals surface area (Å²) in [5, 5.41) is 1.08. The van der Waals surface area contributed by atoms with E-state index in [2.05, 4.69) is 4.99 Å². The zero-order valence-corrected chi connectivity index (χ0v) is 14.2. The van der Waals surface area contributed by atoms with Crippen LogP contribution in [-0.4, -0.2) is 20.4 Å². The second-order valence-corrected chi connectivity index (χ2v) is 5.50. The summed E-state index contributed by atoms with van der Waals surface area (Å²) in [6, 6.07) is 11.1. The first-order chi connectivity index (χ1) is 10.6. The average molecular weight is 338 g/mol. The van der Waals surface area contributed by atoms with Gasteiger partial charge in [0.15, 0.2) is 11.5 Å². The highest BCUT2D eigenvalue weighted by Gasteiger charge is 2.10. The van der Waals surface area contributed by atoms with Gasteiger partial charge in [-0.2, -0.15) is 0 Å². The zero-order valence-electron chi connectivity index (χ0n) is 12.6. The smallest absolute Gasteiger partial charge is 0.161 e. The third-order valence-corrected chi connectivity index (χ3v) is 4.12. The first-order valence-corrected chi connectivity index (χ1v) is 7.51. The molecular weight excluding hydrogens is 321 g/mol. The van der Waals surface area contributed by atoms with E-state index in [1.807, 2.05) is 37.3 Å². The molecule has 0 spiro atoms. The summed E-state index contributed by atoms with van der Waals surface area (Å²) >= 11 is 12.2. The van der Waals surface area contributed by atoms with Crippen LogP contribution in [0.1, 0.15) is 24.1 Å². The maximum absolute atomic E-state index is 6.21. The van der Waals surface area contributed by atoms with E-state index >= 15 is 0 Å². The molecule has 0 aliphatic carbocycles. The predicted octanol–water partition coefficient (Wildman–Crippen LogP) is 5.19. The van der Waals surface area contributed by atoms with Gasteiger partial charge in [-0.25, -0.2) is 0 Å². The number of rotatable bonds is 5. The van der Waals surface area contributed by atoms with Gasteiger partial charge in [-0.15, -0.1) is 0 Å². The Labute approximate surface area is 140 Å². The van der Waals surface area contributed by atoms with Crippen LogP contribution in [0.4, 0.5) is 0 Å². The minimum absolute atomic E-state index is 0.0979. The Bertz CT molecular complexity index is 686. The lowest BCUT2D eigenvalue weighted by Gasteiger charge is -2.10. The number of ether oxygens (including phenoxy) is 2. The third-order valence-electron chi connectivity index (χ3n) is 3.29. The van der Waals surface area contributed by atoms with Crippen LogP contribution in [0.25, 0.3) is 0 Å². The van der Waals surface area contributed by atoms with Crippen molar-refractivity contribution in [1.29, 1.82) is 0 Å². The van der Waals surface area contributed by atoms with Crippen LogP contribution in [0.5, 0.6) is 11.5 Å². The monoisotopic (exact) mass is 337 g/mol. The van der Waals surface area contributed by atoms with Gasteiger partial charge < -0.3 is 9.47 Å². The topological polar surface area (TPSA) is 30.8 Å². The Balaban J connectivity index is 2.22. The second-order valence-electron chi connectivity index (χ2n) is 4.71. The molecule has 1 atom stereocenters. The van der Waals surface area contributed by atoms with E-state index in [9.17, 15) is 0 Å². The van der Waals surface area contributed by atoms with E-state index < -0.39 is 0 Å². The molecule has 3 nitrogen and oxygen atoms in total. The Morgan fingerprint density at radius 2 is 1.77 bits per heavy atom. The van der Waals surface area contributed by atoms with Crippen LogP contribution in [0.2, 0.25) is 10.0 Å². The number of halogens is 2. The fourth-order valence-corrected chi connectivity index (χ4v) is 2.52. The summed E-state index contributed by atoms with van der Waals surface area (Å²) in [5.74, 6) is 1.35. The summed E-state index contributed by atoms with van der Waals surface area (Å²) in [4.78, 5) is 4.53. The lowest BCUT2D eigenvalue weighted by Crippen LogP contribution is -1.95. The van der Waals surface area contributed by atoms with Gasteiger partial charge in [0.05, 0.1) is 30.3 Å². The molecule has 0 bridgehead atoms. The number of hydrogen-bond donors (Lipinski definition) is 0. The van der Waals surface area contributed by atoms with Gasteiger partial charge in [0.25, 0.3) is 0 Å². The molecule has 0 fully saturated rings. The fourth-order valence-electron chi connectivity index (χ4n) is 2.05. The molecule has 1 unspecified atom stereocenters. The molecule has 5 heteroatoms. The second kappa shape index (κ2) is 7.52. The van der Waals surface area contributed by atoms with Crippen molar-refractivity contribution < 1.29 is 9.47 Å². The minimum atomic E-state index is -0.0979. The lowest BCUT2D eigenvalue weighted by molar-refractivity contribution is 0.355. The molecular formula is C17H17Cl2NO2. The normalized spacial score (nSPS) is 12.4. The van der Waals surface area contributed by atoms with Gasteiger partial charge in [0.2, 0.25) is 0 Å². The first-order valence-electron chi connectivity index (χ1n) is 6.76. The maximum atomic E-state index is 6.21. The van der Waals surface area contributed by atoms with Gasteiger partial charge in [-0.1, -0.05) is 35.3 Å². The molecule has 116 valence electrons. The van der Waals surface area contributed by atoms with Crippen LogP contribution >= 0.6 is 23.2 Å². The molecule has 0 N–H and O–H groups in total. The number of nitrogens with zero attached hydrogens (tertiary/aromatic N) is 1. The third kappa shape index (κ3) is 3.73. The van der Waals surface area contributed by atoms with Gasteiger partial charge in [0.1, 0.15) is 0 Å². The Morgan fingerprint density at radius 1 is 1.05 bits per heavy atom. The minimum Gasteiger partial charge on any atom is -0.493 e. The van der Waals surface area contributed by atoms with E-state index in [0.717, 1.165) is 11.1 Å². The summed E-state index contributed by atoms with van der Waals surface area (Å²) in [7, 11) is 3.21. The Morgan fingerprint density at radius 3 is 2.45 bits per heavy atom. The number of aliphatic imine (C=N–C) groups is 1. The lowest BCUT2D eigenvalue weighted by atomic mass is 10.1. The van der Waals surface area contributed by atoms with Crippen LogP contribution < -0.4 is 9.47 Å². The molecule has 0 saturated heterocycles. The number of hydrogen-bond acceptors (Lipinski definition) is 3. The van der Waals surface area contributed by atoms with Crippen LogP contribution in [0.3, 0.4) is 0 Å². The van der Waals surface area contributed by atoms with E-state index in [-0.39, 0.29) is 6.04 Å². The van der Waals surface area contributed by atoms with E-state index in [0.29, 0.717) is 21.5 Å². The quantitative estimate of drug-likeness (QED) is 0.703. The highest BCUT2D eigenvalue weighted by Crippen LogP contribution is 2.31. The fraction of sp³-hybridized carbons (Fsp3) is 0.235. The van der Waals surface area contributed by atoms with Gasteiger partial charge in [0, 0.05) is 6.21 Å². The molecule has 2 aromatic rings. The molecule has 0 aliphatic rings. The van der Waals surface area contributed by atoms with Gasteiger partial charge in [-0.05, 0) is 42.3 Å². The molecule has 0 aliphatic heterocycles. The molecule has 0 amide bonds. The largest absolute Gasteiger partial charge is 0.493 e. The van der Waals surface area contributed by atoms with Crippen molar-refractivity contribution >= 4 is 29.4 Å². The summed E-state index contributed by atoms with van der Waals surface area (Å²) in [5.41, 5.74) is 1.81. The van der Waals surface area contributed by atoms with Crippen LogP contribution in [0, 0.1) is 0 Å². The van der Waals surface area contributed by atoms with E-state index in [4.69, 9.17) is 32.7 Å². The zero-order chi connectivity index (χ0) is 16.1. The van der Waals surface area contributed by atoms with Crippen molar-refractivity contribution in [3.63, 3.8) is 0 Å². The summed E-state index contributed by atoms with van der Waals surface area (Å²) in [6.45, 7) is 1.97. The standard InChI is InChI=1S/C17H17Cl2NO2/c1-11(13-5-4-6-14(18)17(13)19)20-10-12-7-8-15(21-2)16(9-12)22-3/h4-11H,1-3H3. The molecule has 0 saturated carbocycles. The van der Waals surface area contributed by atoms with E-state index in [1.54, 1.807) is 26.5 Å². The Hall–Kier alpha value is -1.71. The Kier molecular flexibility index (Phi) is 5.69. The van der Waals surface area contributed by atoms with Crippen molar-refractivity contribution in [1.82, 2.24) is 0 Å². The van der Waals surface area contributed by atoms with Crippen molar-refractivity contribution in [3.8, 4) is 11.5 Å². The maximum Gasteiger partial charge on any atom is 0.161 e. The molecule has 0 radical (unpaired) electrons. The van der Waals surface area contributed by atoms with E-state index in [1.165, 1.54) is 0 Å². The predicted molar refractivity (Wildman–Crippen MR) is 92.0 cm³/mol. The van der Waals surface area contributed by atoms with Crippen LogP contribution in [-0.2, 0) is 0 Å². The molecule has 2 rings (SSSR count). The van der Waals surface area contributed by atoms with Crippen LogP contribution in [0.15, 0.2) is 41.4 Å². The summed E-state index contributed by atoms with van der Waals surface area (Å²) < 4.78 is 10.5. The van der Waals surface area contributed by atoms with Gasteiger partial charge >= 0.3 is 0 Å². The SMILES string of the molecule is COc1ccc(C=NC(C)c2cccc(Cl)c2Cl)cc1OC. The van der Waals surface area contributed by atoms with Gasteiger partial charge in [-0.3, -0.25) is 4.99 Å². The molecule has 22 heavy (non-hydrogen) atoms. The first kappa shape index (κ1) is 16.7.